The van der Waals surface area contributed by atoms with Crippen molar-refractivity contribution in [2.45, 2.75) is 51.0 Å². The van der Waals surface area contributed by atoms with Gasteiger partial charge < -0.3 is 19.3 Å². The van der Waals surface area contributed by atoms with Crippen molar-refractivity contribution >= 4 is 0 Å². The van der Waals surface area contributed by atoms with Gasteiger partial charge in [0.05, 0.1) is 14.2 Å². The maximum Gasteiger partial charge on any atom is 0.162 e. The normalized spacial score (nSPS) is 17.7. The fraction of sp³-hybridized carbons (Fsp3) is 0.385. The Bertz CT molecular complexity index is 884. The highest BCUT2D eigenvalue weighted by atomic mass is 16.5. The second kappa shape index (κ2) is 10.8. The molecule has 2 aromatic carbocycles. The Morgan fingerprint density at radius 2 is 1.67 bits per heavy atom. The number of para-hydroxylation sites is 3. The fourth-order valence-electron chi connectivity index (χ4n) is 3.91. The van der Waals surface area contributed by atoms with E-state index in [2.05, 4.69) is 12.7 Å². The molecule has 4 heteroatoms. The van der Waals surface area contributed by atoms with E-state index in [9.17, 15) is 5.11 Å². The highest BCUT2D eigenvalue weighted by Gasteiger charge is 2.21. The first-order chi connectivity index (χ1) is 14.6. The first-order valence-corrected chi connectivity index (χ1v) is 10.6. The highest BCUT2D eigenvalue weighted by molar-refractivity contribution is 5.47. The largest absolute Gasteiger partial charge is 0.504 e. The number of hydrogen-bond donors (Lipinski definition) is 1. The second-order valence-electron chi connectivity index (χ2n) is 7.71. The maximum atomic E-state index is 9.90. The molecule has 0 saturated heterocycles. The van der Waals surface area contributed by atoms with Gasteiger partial charge in [-0.05, 0) is 68.7 Å². The molecule has 2 aromatic rings. The number of aromatic hydroxyl groups is 1. The van der Waals surface area contributed by atoms with E-state index in [0.29, 0.717) is 5.75 Å². The Morgan fingerprint density at radius 1 is 0.933 bits per heavy atom. The molecular formula is C26H32O4. The van der Waals surface area contributed by atoms with E-state index in [0.717, 1.165) is 42.7 Å². The van der Waals surface area contributed by atoms with Crippen LogP contribution in [0.1, 0.15) is 44.1 Å². The summed E-state index contributed by atoms with van der Waals surface area (Å²) in [6.07, 6.45) is 10.2. The van der Waals surface area contributed by atoms with Crippen molar-refractivity contribution in [1.29, 1.82) is 0 Å². The van der Waals surface area contributed by atoms with Crippen LogP contribution in [0.25, 0.3) is 0 Å². The molecule has 30 heavy (non-hydrogen) atoms. The van der Waals surface area contributed by atoms with Gasteiger partial charge in [0.2, 0.25) is 0 Å². The summed E-state index contributed by atoms with van der Waals surface area (Å²) in [6, 6.07) is 13.4. The third kappa shape index (κ3) is 5.59. The number of rotatable bonds is 6. The predicted octanol–water partition coefficient (Wildman–Crippen LogP) is 6.24. The van der Waals surface area contributed by atoms with Crippen molar-refractivity contribution in [3.8, 4) is 23.0 Å². The quantitative estimate of drug-likeness (QED) is 0.575. The Balaban J connectivity index is 0.000000171. The molecule has 2 aliphatic carbocycles. The third-order valence-electron chi connectivity index (χ3n) is 5.61. The molecule has 1 saturated carbocycles. The van der Waals surface area contributed by atoms with E-state index in [-0.39, 0.29) is 11.9 Å². The molecule has 0 radical (unpaired) electrons. The molecular weight excluding hydrogens is 376 g/mol. The Hall–Kier alpha value is -2.88. The van der Waals surface area contributed by atoms with Crippen LogP contribution in [0, 0.1) is 0 Å². The van der Waals surface area contributed by atoms with Crippen LogP contribution in [-0.2, 0) is 6.42 Å². The van der Waals surface area contributed by atoms with Gasteiger partial charge in [-0.1, -0.05) is 42.5 Å². The number of ether oxygens (including phenoxy) is 3. The molecule has 0 aliphatic heterocycles. The summed E-state index contributed by atoms with van der Waals surface area (Å²) >= 11 is 0. The van der Waals surface area contributed by atoms with Crippen LogP contribution in [0.2, 0.25) is 0 Å². The average molecular weight is 409 g/mol. The van der Waals surface area contributed by atoms with Gasteiger partial charge in [0, 0.05) is 5.56 Å². The van der Waals surface area contributed by atoms with Gasteiger partial charge in [-0.2, -0.15) is 0 Å². The molecule has 1 fully saturated rings. The minimum atomic E-state index is 0.168. The molecule has 0 bridgehead atoms. The molecule has 4 nitrogen and oxygen atoms in total. The van der Waals surface area contributed by atoms with Crippen molar-refractivity contribution in [3.05, 3.63) is 71.8 Å². The van der Waals surface area contributed by atoms with E-state index in [1.54, 1.807) is 20.3 Å². The number of benzene rings is 2. The summed E-state index contributed by atoms with van der Waals surface area (Å²) < 4.78 is 16.2. The van der Waals surface area contributed by atoms with Gasteiger partial charge in [0.15, 0.2) is 23.0 Å². The third-order valence-corrected chi connectivity index (χ3v) is 5.61. The maximum absolute atomic E-state index is 9.90. The van der Waals surface area contributed by atoms with Gasteiger partial charge in [-0.25, -0.2) is 0 Å². The highest BCUT2D eigenvalue weighted by Crippen LogP contribution is 2.33. The van der Waals surface area contributed by atoms with Crippen LogP contribution in [0.5, 0.6) is 23.0 Å². The molecule has 0 heterocycles. The summed E-state index contributed by atoms with van der Waals surface area (Å²) in [4.78, 5) is 0. The van der Waals surface area contributed by atoms with E-state index < -0.39 is 0 Å². The van der Waals surface area contributed by atoms with Crippen molar-refractivity contribution in [2.75, 3.05) is 14.2 Å². The summed E-state index contributed by atoms with van der Waals surface area (Å²) in [6.45, 7) is 4.02. The first kappa shape index (κ1) is 21.8. The lowest BCUT2D eigenvalue weighted by Crippen LogP contribution is -2.13. The lowest BCUT2D eigenvalue weighted by atomic mass is 10.0. The van der Waals surface area contributed by atoms with E-state index >= 15 is 0 Å². The summed E-state index contributed by atoms with van der Waals surface area (Å²) in [5.41, 5.74) is 3.59. The van der Waals surface area contributed by atoms with Crippen molar-refractivity contribution in [3.63, 3.8) is 0 Å². The molecule has 1 atom stereocenters. The van der Waals surface area contributed by atoms with Crippen molar-refractivity contribution in [1.82, 2.24) is 0 Å². The van der Waals surface area contributed by atoms with Crippen molar-refractivity contribution in [2.24, 2.45) is 0 Å². The van der Waals surface area contributed by atoms with E-state index in [1.807, 2.05) is 36.4 Å². The predicted molar refractivity (Wildman–Crippen MR) is 121 cm³/mol. The molecule has 2 aliphatic rings. The molecule has 0 spiro atoms. The SMILES string of the molecule is C=C1CCCC1Oc1ccccc1OC.COc1cccc(CC2=CCCC2)c1O. The molecule has 160 valence electrons. The first-order valence-electron chi connectivity index (χ1n) is 10.6. The standard InChI is InChI=1S/2C13H16O2/c1-10-6-5-9-11(10)15-13-8-4-3-7-12(13)14-2;1-15-12-8-4-7-11(13(12)14)9-10-5-2-3-6-10/h3-4,7-8,11H,1,5-6,9H2,2H3;4-5,7-8,14H,2-3,6,9H2,1H3. The van der Waals surface area contributed by atoms with Crippen LogP contribution < -0.4 is 14.2 Å². The van der Waals surface area contributed by atoms with Crippen LogP contribution in [0.3, 0.4) is 0 Å². The zero-order valence-corrected chi connectivity index (χ0v) is 18.0. The molecule has 4 rings (SSSR count). The lowest BCUT2D eigenvalue weighted by Gasteiger charge is -2.16. The zero-order valence-electron chi connectivity index (χ0n) is 18.0. The smallest absolute Gasteiger partial charge is 0.162 e. The average Bonchev–Trinajstić information content (AvgIpc) is 3.42. The molecule has 0 aromatic heterocycles. The number of hydrogen-bond acceptors (Lipinski definition) is 4. The van der Waals surface area contributed by atoms with E-state index in [1.165, 1.54) is 30.4 Å². The fourth-order valence-corrected chi connectivity index (χ4v) is 3.91. The van der Waals surface area contributed by atoms with Crippen molar-refractivity contribution < 1.29 is 19.3 Å². The molecule has 0 amide bonds. The van der Waals surface area contributed by atoms with Gasteiger partial charge in [0.1, 0.15) is 6.10 Å². The number of methoxy groups -OCH3 is 2. The summed E-state index contributed by atoms with van der Waals surface area (Å²) in [5, 5.41) is 9.90. The lowest BCUT2D eigenvalue weighted by molar-refractivity contribution is 0.232. The Labute approximate surface area is 179 Å². The topological polar surface area (TPSA) is 47.9 Å². The Kier molecular flexibility index (Phi) is 7.83. The number of phenolic OH excluding ortho intramolecular Hbond substituents is 1. The zero-order chi connectivity index (χ0) is 21.3. The minimum Gasteiger partial charge on any atom is -0.504 e. The molecule has 1 unspecified atom stereocenters. The summed E-state index contributed by atoms with van der Waals surface area (Å²) in [7, 11) is 3.24. The summed E-state index contributed by atoms with van der Waals surface area (Å²) in [5.74, 6) is 2.45. The van der Waals surface area contributed by atoms with E-state index in [4.69, 9.17) is 14.2 Å². The minimum absolute atomic E-state index is 0.168. The van der Waals surface area contributed by atoms with Gasteiger partial charge in [0.25, 0.3) is 0 Å². The second-order valence-corrected chi connectivity index (χ2v) is 7.71. The monoisotopic (exact) mass is 408 g/mol. The van der Waals surface area contributed by atoms with Crippen LogP contribution in [0.4, 0.5) is 0 Å². The van der Waals surface area contributed by atoms with Gasteiger partial charge >= 0.3 is 0 Å². The van der Waals surface area contributed by atoms with Crippen LogP contribution in [-0.4, -0.2) is 25.4 Å². The van der Waals surface area contributed by atoms with Crippen LogP contribution >= 0.6 is 0 Å². The van der Waals surface area contributed by atoms with Crippen LogP contribution in [0.15, 0.2) is 66.3 Å². The molecule has 1 N–H and O–H groups in total. The van der Waals surface area contributed by atoms with Gasteiger partial charge in [-0.15, -0.1) is 0 Å². The Morgan fingerprint density at radius 3 is 2.30 bits per heavy atom. The van der Waals surface area contributed by atoms with Gasteiger partial charge in [-0.3, -0.25) is 0 Å². The number of phenols is 1. The number of allylic oxidation sites excluding steroid dienone is 2.